The first-order valence-corrected chi connectivity index (χ1v) is 13.0. The molecule has 1 saturated heterocycles. The fraction of sp³-hybridized carbons (Fsp3) is 0.435. The number of amides is 3. The molecule has 1 aromatic carbocycles. The molecule has 0 radical (unpaired) electrons. The number of halogens is 3. The molecule has 0 bridgehead atoms. The van der Waals surface area contributed by atoms with Gasteiger partial charge in [0.15, 0.2) is 5.69 Å². The van der Waals surface area contributed by atoms with Gasteiger partial charge in [0, 0.05) is 45.1 Å². The van der Waals surface area contributed by atoms with Gasteiger partial charge in [0.05, 0.1) is 6.20 Å². The molecular formula is C23H25F3N8O5S. The topological polar surface area (TPSA) is 164 Å². The van der Waals surface area contributed by atoms with Gasteiger partial charge < -0.3 is 25.4 Å². The van der Waals surface area contributed by atoms with Gasteiger partial charge in [-0.25, -0.2) is 4.79 Å². The van der Waals surface area contributed by atoms with Gasteiger partial charge >= 0.3 is 12.5 Å². The van der Waals surface area contributed by atoms with E-state index < -0.39 is 18.4 Å². The van der Waals surface area contributed by atoms with Crippen LogP contribution in [0.4, 0.5) is 18.0 Å². The van der Waals surface area contributed by atoms with Gasteiger partial charge in [0.1, 0.15) is 10.8 Å². The first-order valence-electron chi connectivity index (χ1n) is 12.2. The Labute approximate surface area is 229 Å². The van der Waals surface area contributed by atoms with Crippen LogP contribution >= 0.6 is 11.3 Å². The molecule has 3 heterocycles. The molecular weight excluding hydrogens is 557 g/mol. The quantitative estimate of drug-likeness (QED) is 0.272. The van der Waals surface area contributed by atoms with Crippen molar-refractivity contribution in [3.63, 3.8) is 0 Å². The van der Waals surface area contributed by atoms with Crippen molar-refractivity contribution in [1.82, 2.24) is 40.7 Å². The van der Waals surface area contributed by atoms with Crippen LogP contribution in [0.3, 0.4) is 0 Å². The highest BCUT2D eigenvalue weighted by Crippen LogP contribution is 2.23. The van der Waals surface area contributed by atoms with Crippen molar-refractivity contribution < 1.29 is 37.4 Å². The van der Waals surface area contributed by atoms with E-state index in [0.29, 0.717) is 49.6 Å². The minimum atomic E-state index is -4.80. The first kappa shape index (κ1) is 28.7. The van der Waals surface area contributed by atoms with Crippen LogP contribution in [0.2, 0.25) is 0 Å². The summed E-state index contributed by atoms with van der Waals surface area (Å²) in [6, 6.07) is 5.30. The van der Waals surface area contributed by atoms with E-state index in [1.54, 1.807) is 6.07 Å². The molecule has 3 N–H and O–H groups in total. The first-order chi connectivity index (χ1) is 19.1. The summed E-state index contributed by atoms with van der Waals surface area (Å²) in [6.45, 7) is 1.63. The molecule has 13 nitrogen and oxygen atoms in total. The normalized spacial score (nSPS) is 13.5. The Morgan fingerprint density at radius 3 is 2.65 bits per heavy atom. The number of rotatable bonds is 12. The molecule has 1 aliphatic rings. The summed E-state index contributed by atoms with van der Waals surface area (Å²) in [5.41, 5.74) is 0.491. The smallest absolute Gasteiger partial charge is 0.465 e. The summed E-state index contributed by atoms with van der Waals surface area (Å²) in [5, 5.41) is 30.9. The third-order valence-electron chi connectivity index (χ3n) is 5.82. The van der Waals surface area contributed by atoms with Crippen LogP contribution in [0, 0.1) is 5.92 Å². The van der Waals surface area contributed by atoms with Crippen molar-refractivity contribution in [1.29, 1.82) is 0 Å². The van der Waals surface area contributed by atoms with Crippen molar-refractivity contribution in [2.45, 2.75) is 38.7 Å². The highest BCUT2D eigenvalue weighted by atomic mass is 32.1. The average molecular weight is 583 g/mol. The summed E-state index contributed by atoms with van der Waals surface area (Å²) < 4.78 is 42.5. The predicted molar refractivity (Wildman–Crippen MR) is 133 cm³/mol. The van der Waals surface area contributed by atoms with E-state index in [-0.39, 0.29) is 34.8 Å². The van der Waals surface area contributed by atoms with Gasteiger partial charge in [-0.3, -0.25) is 14.3 Å². The molecule has 214 valence electrons. The zero-order valence-electron chi connectivity index (χ0n) is 20.9. The number of aryl methyl sites for hydroxylation is 2. The number of carbonyl (C=O) groups is 3. The van der Waals surface area contributed by atoms with Gasteiger partial charge in [-0.2, -0.15) is 0 Å². The lowest BCUT2D eigenvalue weighted by Crippen LogP contribution is -2.53. The standard InChI is InChI=1S/C23H25F3N8O5S/c24-23(25,26)39-16-5-3-4-14(8-16)9-27-19(35)17-13-34(32-29-17)7-2-1-6-18-30-31-21(40-18)20(36)28-10-15-11-33(12-15)22(37)38/h3-5,8,13,15H,1-2,6-7,9-12H2,(H,27,35)(H,28,36)(H,37,38). The third kappa shape index (κ3) is 8.36. The monoisotopic (exact) mass is 582 g/mol. The number of hydrogen-bond donors (Lipinski definition) is 3. The van der Waals surface area contributed by atoms with Crippen LogP contribution in [0.25, 0.3) is 0 Å². The maximum Gasteiger partial charge on any atom is 0.573 e. The van der Waals surface area contributed by atoms with Crippen molar-refractivity contribution in [3.8, 4) is 5.75 Å². The molecule has 1 aliphatic heterocycles. The van der Waals surface area contributed by atoms with Crippen molar-refractivity contribution in [3.05, 3.63) is 51.7 Å². The van der Waals surface area contributed by atoms with Crippen molar-refractivity contribution >= 4 is 29.2 Å². The van der Waals surface area contributed by atoms with Crippen LogP contribution in [-0.2, 0) is 19.5 Å². The number of likely N-dealkylation sites (tertiary alicyclic amines) is 1. The van der Waals surface area contributed by atoms with E-state index in [0.717, 1.165) is 6.42 Å². The Balaban J connectivity index is 1.14. The fourth-order valence-corrected chi connectivity index (χ4v) is 4.60. The largest absolute Gasteiger partial charge is 0.573 e. The SMILES string of the molecule is O=C(NCc1cccc(OC(F)(F)F)c1)c1cn(CCCCc2nnc(C(=O)NCC3CN(C(=O)O)C3)s2)nn1. The molecule has 0 spiro atoms. The number of alkyl halides is 3. The Kier molecular flexibility index (Phi) is 9.13. The molecule has 0 aliphatic carbocycles. The van der Waals surface area contributed by atoms with Gasteiger partial charge in [-0.05, 0) is 30.5 Å². The molecule has 17 heteroatoms. The Morgan fingerprint density at radius 2 is 1.90 bits per heavy atom. The summed E-state index contributed by atoms with van der Waals surface area (Å²) >= 11 is 1.19. The van der Waals surface area contributed by atoms with E-state index >= 15 is 0 Å². The average Bonchev–Trinajstić information content (AvgIpc) is 3.53. The van der Waals surface area contributed by atoms with Crippen molar-refractivity contribution in [2.75, 3.05) is 19.6 Å². The number of benzene rings is 1. The van der Waals surface area contributed by atoms with Crippen LogP contribution in [0.15, 0.2) is 30.5 Å². The van der Waals surface area contributed by atoms with Gasteiger partial charge in [-0.1, -0.05) is 28.7 Å². The van der Waals surface area contributed by atoms with Crippen LogP contribution in [-0.4, -0.2) is 79.1 Å². The van der Waals surface area contributed by atoms with Crippen LogP contribution in [0.5, 0.6) is 5.75 Å². The lowest BCUT2D eigenvalue weighted by atomic mass is 10.0. The van der Waals surface area contributed by atoms with Gasteiger partial charge in [-0.15, -0.1) is 28.5 Å². The lowest BCUT2D eigenvalue weighted by molar-refractivity contribution is -0.274. The summed E-state index contributed by atoms with van der Waals surface area (Å²) in [4.78, 5) is 36.7. The number of carbonyl (C=O) groups excluding carboxylic acids is 2. The number of aromatic nitrogens is 5. The Bertz CT molecular complexity index is 1340. The van der Waals surface area contributed by atoms with Crippen molar-refractivity contribution in [2.24, 2.45) is 5.92 Å². The minimum Gasteiger partial charge on any atom is -0.465 e. The third-order valence-corrected chi connectivity index (χ3v) is 6.81. The van der Waals surface area contributed by atoms with E-state index in [1.165, 1.54) is 45.3 Å². The number of carboxylic acid groups (broad SMARTS) is 1. The highest BCUT2D eigenvalue weighted by Gasteiger charge is 2.31. The van der Waals surface area contributed by atoms with E-state index in [2.05, 4.69) is 35.9 Å². The van der Waals surface area contributed by atoms with Crippen LogP contribution < -0.4 is 15.4 Å². The maximum absolute atomic E-state index is 12.4. The molecule has 3 aromatic rings. The van der Waals surface area contributed by atoms with E-state index in [1.807, 2.05) is 0 Å². The molecule has 0 unspecified atom stereocenters. The Hall–Kier alpha value is -4.28. The highest BCUT2D eigenvalue weighted by molar-refractivity contribution is 7.13. The number of nitrogens with zero attached hydrogens (tertiary/aromatic N) is 6. The molecule has 1 fully saturated rings. The maximum atomic E-state index is 12.4. The summed E-state index contributed by atoms with van der Waals surface area (Å²) in [7, 11) is 0. The number of unbranched alkanes of at least 4 members (excludes halogenated alkanes) is 1. The second-order valence-electron chi connectivity index (χ2n) is 8.97. The lowest BCUT2D eigenvalue weighted by Gasteiger charge is -2.36. The Morgan fingerprint density at radius 1 is 1.10 bits per heavy atom. The zero-order chi connectivity index (χ0) is 28.7. The minimum absolute atomic E-state index is 0.0213. The number of hydrogen-bond acceptors (Lipinski definition) is 9. The number of ether oxygens (including phenoxy) is 1. The van der Waals surface area contributed by atoms with Crippen LogP contribution in [0.1, 0.15) is 43.7 Å². The molecule has 0 atom stereocenters. The van der Waals surface area contributed by atoms with E-state index in [4.69, 9.17) is 5.11 Å². The molecule has 0 saturated carbocycles. The summed E-state index contributed by atoms with van der Waals surface area (Å²) in [6.07, 6.45) is -2.28. The second-order valence-corrected chi connectivity index (χ2v) is 10.0. The number of nitrogens with one attached hydrogen (secondary N) is 2. The second kappa shape index (κ2) is 12.7. The van der Waals surface area contributed by atoms with Gasteiger partial charge in [0.25, 0.3) is 11.8 Å². The molecule has 40 heavy (non-hydrogen) atoms. The fourth-order valence-electron chi connectivity index (χ4n) is 3.80. The molecule has 3 amide bonds. The predicted octanol–water partition coefficient (Wildman–Crippen LogP) is 2.32. The van der Waals surface area contributed by atoms with E-state index in [9.17, 15) is 27.6 Å². The van der Waals surface area contributed by atoms with Gasteiger partial charge in [0.2, 0.25) is 5.01 Å². The zero-order valence-corrected chi connectivity index (χ0v) is 21.7. The molecule has 2 aromatic heterocycles. The molecule has 4 rings (SSSR count). The summed E-state index contributed by atoms with van der Waals surface area (Å²) in [5.74, 6) is -1.15.